The van der Waals surface area contributed by atoms with Gasteiger partial charge in [0.25, 0.3) is 0 Å². The second kappa shape index (κ2) is 7.26. The maximum absolute atomic E-state index is 3.75. The molecule has 3 unspecified atom stereocenters. The van der Waals surface area contributed by atoms with Crippen molar-refractivity contribution < 1.29 is 0 Å². The molecule has 0 aromatic heterocycles. The van der Waals surface area contributed by atoms with Crippen LogP contribution in [0.5, 0.6) is 0 Å². The summed E-state index contributed by atoms with van der Waals surface area (Å²) in [5.41, 5.74) is 0.535. The summed E-state index contributed by atoms with van der Waals surface area (Å²) in [4.78, 5) is 2.80. The number of likely N-dealkylation sites (tertiary alicyclic amines) is 1. The van der Waals surface area contributed by atoms with Gasteiger partial charge in [0.2, 0.25) is 0 Å². The van der Waals surface area contributed by atoms with Gasteiger partial charge in [-0.25, -0.2) is 0 Å². The first-order chi connectivity index (χ1) is 9.51. The first kappa shape index (κ1) is 16.3. The smallest absolute Gasteiger partial charge is 0.00671 e. The van der Waals surface area contributed by atoms with E-state index < -0.39 is 0 Å². The molecule has 2 aliphatic rings. The van der Waals surface area contributed by atoms with Gasteiger partial charge >= 0.3 is 0 Å². The summed E-state index contributed by atoms with van der Waals surface area (Å²) >= 11 is 0. The van der Waals surface area contributed by atoms with Gasteiger partial charge in [0.05, 0.1) is 0 Å². The summed E-state index contributed by atoms with van der Waals surface area (Å²) in [6.45, 7) is 13.3. The maximum atomic E-state index is 3.75. The number of nitrogens with one attached hydrogen (secondary N) is 1. The molecule has 0 aromatic rings. The lowest BCUT2D eigenvalue weighted by atomic mass is 9.69. The summed E-state index contributed by atoms with van der Waals surface area (Å²) < 4.78 is 0. The molecule has 0 amide bonds. The van der Waals surface area contributed by atoms with E-state index in [4.69, 9.17) is 0 Å². The zero-order valence-corrected chi connectivity index (χ0v) is 14.3. The van der Waals surface area contributed by atoms with E-state index >= 15 is 0 Å². The highest BCUT2D eigenvalue weighted by atomic mass is 15.2. The third-order valence-corrected chi connectivity index (χ3v) is 5.55. The van der Waals surface area contributed by atoms with Gasteiger partial charge in [-0.05, 0) is 50.5 Å². The monoisotopic (exact) mass is 280 g/mol. The van der Waals surface area contributed by atoms with Crippen LogP contribution in [0.3, 0.4) is 0 Å². The van der Waals surface area contributed by atoms with E-state index in [1.807, 2.05) is 0 Å². The minimum Gasteiger partial charge on any atom is -0.314 e. The molecule has 20 heavy (non-hydrogen) atoms. The van der Waals surface area contributed by atoms with Crippen LogP contribution < -0.4 is 5.32 Å². The highest BCUT2D eigenvalue weighted by Gasteiger charge is 2.37. The number of rotatable bonds is 5. The summed E-state index contributed by atoms with van der Waals surface area (Å²) in [7, 11) is 0. The lowest BCUT2D eigenvalue weighted by molar-refractivity contribution is 0.0453. The molecular formula is C18H36N2. The molecule has 1 aliphatic carbocycles. The Labute approximate surface area is 126 Å². The molecule has 0 radical (unpaired) electrons. The predicted molar refractivity (Wildman–Crippen MR) is 88.1 cm³/mol. The van der Waals surface area contributed by atoms with Gasteiger partial charge in [0, 0.05) is 25.2 Å². The van der Waals surface area contributed by atoms with Crippen molar-refractivity contribution in [2.75, 3.05) is 19.6 Å². The van der Waals surface area contributed by atoms with Crippen LogP contribution in [0.2, 0.25) is 0 Å². The average molecular weight is 280 g/mol. The highest BCUT2D eigenvalue weighted by Crippen LogP contribution is 2.40. The molecule has 1 N–H and O–H groups in total. The van der Waals surface area contributed by atoms with Gasteiger partial charge in [-0.1, -0.05) is 40.0 Å². The van der Waals surface area contributed by atoms with Crippen molar-refractivity contribution in [1.29, 1.82) is 0 Å². The van der Waals surface area contributed by atoms with Crippen LogP contribution >= 0.6 is 0 Å². The summed E-state index contributed by atoms with van der Waals surface area (Å²) in [6.07, 6.45) is 9.99. The molecular weight excluding hydrogens is 244 g/mol. The molecule has 2 nitrogen and oxygen atoms in total. The van der Waals surface area contributed by atoms with Crippen LogP contribution in [0.1, 0.15) is 72.6 Å². The summed E-state index contributed by atoms with van der Waals surface area (Å²) in [6, 6.07) is 1.42. The third-order valence-electron chi connectivity index (χ3n) is 5.55. The quantitative estimate of drug-likeness (QED) is 0.817. The molecule has 1 aliphatic heterocycles. The van der Waals surface area contributed by atoms with Crippen molar-refractivity contribution in [2.45, 2.75) is 84.7 Å². The fourth-order valence-electron chi connectivity index (χ4n) is 4.37. The van der Waals surface area contributed by atoms with Crippen molar-refractivity contribution in [2.24, 2.45) is 11.3 Å². The molecule has 3 atom stereocenters. The molecule has 0 aromatic carbocycles. The molecule has 0 spiro atoms. The van der Waals surface area contributed by atoms with Gasteiger partial charge < -0.3 is 10.2 Å². The Morgan fingerprint density at radius 1 is 1.15 bits per heavy atom. The van der Waals surface area contributed by atoms with Crippen molar-refractivity contribution in [1.82, 2.24) is 10.2 Å². The van der Waals surface area contributed by atoms with Crippen molar-refractivity contribution >= 4 is 0 Å². The van der Waals surface area contributed by atoms with Crippen molar-refractivity contribution in [3.8, 4) is 0 Å². The van der Waals surface area contributed by atoms with Crippen LogP contribution in [0.4, 0.5) is 0 Å². The van der Waals surface area contributed by atoms with E-state index in [1.54, 1.807) is 0 Å². The van der Waals surface area contributed by atoms with Gasteiger partial charge in [0.15, 0.2) is 0 Å². The van der Waals surface area contributed by atoms with Gasteiger partial charge in [0.1, 0.15) is 0 Å². The third kappa shape index (κ3) is 4.46. The second-order valence-corrected chi connectivity index (χ2v) is 8.05. The number of piperidine rings is 1. The lowest BCUT2D eigenvalue weighted by Gasteiger charge is -2.46. The van der Waals surface area contributed by atoms with Crippen molar-refractivity contribution in [3.63, 3.8) is 0 Å². The minimum absolute atomic E-state index is 0.535. The number of nitrogens with zero attached hydrogens (tertiary/aromatic N) is 1. The summed E-state index contributed by atoms with van der Waals surface area (Å²) in [5.74, 6) is 0.915. The Hall–Kier alpha value is -0.0800. The van der Waals surface area contributed by atoms with E-state index in [0.29, 0.717) is 11.5 Å². The number of hydrogen-bond acceptors (Lipinski definition) is 2. The highest BCUT2D eigenvalue weighted by molar-refractivity contribution is 4.92. The van der Waals surface area contributed by atoms with E-state index in [9.17, 15) is 0 Å². The van der Waals surface area contributed by atoms with E-state index in [-0.39, 0.29) is 0 Å². The molecule has 1 saturated carbocycles. The standard InChI is InChI=1S/C18H36N2/c1-15(2)19-13-18(10-7-8-16(3)12-18)14-20-11-6-5-9-17(20)4/h15-17,19H,5-14H2,1-4H3. The zero-order valence-electron chi connectivity index (χ0n) is 14.3. The van der Waals surface area contributed by atoms with Crippen LogP contribution in [-0.2, 0) is 0 Å². The van der Waals surface area contributed by atoms with Crippen LogP contribution in [-0.4, -0.2) is 36.6 Å². The molecule has 118 valence electrons. The molecule has 1 saturated heterocycles. The van der Waals surface area contributed by atoms with Crippen LogP contribution in [0.15, 0.2) is 0 Å². The zero-order chi connectivity index (χ0) is 14.6. The Morgan fingerprint density at radius 3 is 2.60 bits per heavy atom. The van der Waals surface area contributed by atoms with E-state index in [1.165, 1.54) is 64.6 Å². The molecule has 2 rings (SSSR count). The Morgan fingerprint density at radius 2 is 1.95 bits per heavy atom. The van der Waals surface area contributed by atoms with Gasteiger partial charge in [-0.2, -0.15) is 0 Å². The first-order valence-corrected chi connectivity index (χ1v) is 8.98. The first-order valence-electron chi connectivity index (χ1n) is 8.98. The van der Waals surface area contributed by atoms with Crippen molar-refractivity contribution in [3.05, 3.63) is 0 Å². The lowest BCUT2D eigenvalue weighted by Crippen LogP contribution is -2.51. The number of hydrogen-bond donors (Lipinski definition) is 1. The SMILES string of the molecule is CC1CCCC(CNC(C)C)(CN2CCCCC2C)C1. The molecule has 0 bridgehead atoms. The molecule has 2 fully saturated rings. The topological polar surface area (TPSA) is 15.3 Å². The van der Waals surface area contributed by atoms with Gasteiger partial charge in [-0.3, -0.25) is 0 Å². The second-order valence-electron chi connectivity index (χ2n) is 8.05. The summed E-state index contributed by atoms with van der Waals surface area (Å²) in [5, 5.41) is 3.75. The van der Waals surface area contributed by atoms with Crippen LogP contribution in [0, 0.1) is 11.3 Å². The Kier molecular flexibility index (Phi) is 5.92. The fourth-order valence-corrected chi connectivity index (χ4v) is 4.37. The van der Waals surface area contributed by atoms with Crippen LogP contribution in [0.25, 0.3) is 0 Å². The Balaban J connectivity index is 2.01. The van der Waals surface area contributed by atoms with E-state index in [2.05, 4.69) is 37.9 Å². The van der Waals surface area contributed by atoms with E-state index in [0.717, 1.165) is 12.0 Å². The molecule has 1 heterocycles. The normalized spacial score (nSPS) is 36.5. The average Bonchev–Trinajstić information content (AvgIpc) is 2.39. The Bertz CT molecular complexity index is 289. The predicted octanol–water partition coefficient (Wildman–Crippen LogP) is 4.06. The minimum atomic E-state index is 0.535. The maximum Gasteiger partial charge on any atom is 0.00671 e. The fraction of sp³-hybridized carbons (Fsp3) is 1.00. The van der Waals surface area contributed by atoms with Gasteiger partial charge in [-0.15, -0.1) is 0 Å². The molecule has 2 heteroatoms. The largest absolute Gasteiger partial charge is 0.314 e.